The van der Waals surface area contributed by atoms with Crippen molar-refractivity contribution in [2.24, 2.45) is 5.92 Å². The molecule has 1 unspecified atom stereocenters. The Morgan fingerprint density at radius 3 is 2.63 bits per heavy atom. The van der Waals surface area contributed by atoms with E-state index in [1.165, 1.54) is 44.1 Å². The Labute approximate surface area is 117 Å². The van der Waals surface area contributed by atoms with Crippen LogP contribution in [0.25, 0.3) is 0 Å². The van der Waals surface area contributed by atoms with E-state index >= 15 is 0 Å². The van der Waals surface area contributed by atoms with Crippen LogP contribution in [0.1, 0.15) is 70.9 Å². The highest BCUT2D eigenvalue weighted by atomic mass is 15.3. The van der Waals surface area contributed by atoms with E-state index in [9.17, 15) is 0 Å². The van der Waals surface area contributed by atoms with Gasteiger partial charge in [-0.2, -0.15) is 5.10 Å². The molecule has 1 aromatic heterocycles. The highest BCUT2D eigenvalue weighted by Crippen LogP contribution is 2.29. The summed E-state index contributed by atoms with van der Waals surface area (Å²) in [5.41, 5.74) is 1.32. The summed E-state index contributed by atoms with van der Waals surface area (Å²) in [6.45, 7) is 7.64. The Hall–Kier alpha value is -0.830. The van der Waals surface area contributed by atoms with E-state index in [1.54, 1.807) is 0 Å². The predicted molar refractivity (Wildman–Crippen MR) is 80.1 cm³/mol. The van der Waals surface area contributed by atoms with Crippen molar-refractivity contribution >= 4 is 0 Å². The minimum absolute atomic E-state index is 0.424. The molecule has 0 spiro atoms. The molecule has 0 saturated heterocycles. The van der Waals surface area contributed by atoms with Gasteiger partial charge in [-0.15, -0.1) is 0 Å². The largest absolute Gasteiger partial charge is 0.307 e. The maximum absolute atomic E-state index is 4.36. The minimum Gasteiger partial charge on any atom is -0.307 e. The van der Waals surface area contributed by atoms with Gasteiger partial charge in [0.1, 0.15) is 0 Å². The van der Waals surface area contributed by atoms with E-state index in [-0.39, 0.29) is 0 Å². The summed E-state index contributed by atoms with van der Waals surface area (Å²) >= 11 is 0. The van der Waals surface area contributed by atoms with Crippen molar-refractivity contribution < 1.29 is 0 Å². The summed E-state index contributed by atoms with van der Waals surface area (Å²) in [6, 6.07) is 1.13. The van der Waals surface area contributed by atoms with Gasteiger partial charge in [-0.1, -0.05) is 19.8 Å². The lowest BCUT2D eigenvalue weighted by atomic mass is 9.83. The van der Waals surface area contributed by atoms with E-state index in [4.69, 9.17) is 0 Å². The molecule has 1 N–H and O–H groups in total. The van der Waals surface area contributed by atoms with Crippen LogP contribution in [-0.2, 0) is 6.54 Å². The maximum atomic E-state index is 4.36. The molecule has 0 radical (unpaired) electrons. The molecule has 3 heteroatoms. The lowest BCUT2D eigenvalue weighted by molar-refractivity contribution is 0.266. The van der Waals surface area contributed by atoms with Gasteiger partial charge in [-0.05, 0) is 45.4 Å². The summed E-state index contributed by atoms with van der Waals surface area (Å²) in [6.07, 6.45) is 12.4. The van der Waals surface area contributed by atoms with Crippen LogP contribution in [0.4, 0.5) is 0 Å². The molecule has 1 aliphatic rings. The van der Waals surface area contributed by atoms with Crippen molar-refractivity contribution in [3.63, 3.8) is 0 Å². The molecule has 1 fully saturated rings. The molecule has 2 rings (SSSR count). The van der Waals surface area contributed by atoms with Crippen molar-refractivity contribution in [1.29, 1.82) is 0 Å². The Balaban J connectivity index is 1.78. The molecular formula is C16H29N3. The molecule has 108 valence electrons. The topological polar surface area (TPSA) is 29.9 Å². The molecule has 1 saturated carbocycles. The number of nitrogens with zero attached hydrogens (tertiary/aromatic N) is 2. The monoisotopic (exact) mass is 263 g/mol. The van der Waals surface area contributed by atoms with Crippen LogP contribution < -0.4 is 5.32 Å². The number of hydrogen-bond donors (Lipinski definition) is 1. The fourth-order valence-corrected chi connectivity index (χ4v) is 3.25. The van der Waals surface area contributed by atoms with E-state index < -0.39 is 0 Å². The standard InChI is InChI=1S/C16H29N3/c1-4-6-14-7-9-16(10-8-14)18-13(3)15-11-17-19(5-2)12-15/h11-14,16,18H,4-10H2,1-3H3. The van der Waals surface area contributed by atoms with Gasteiger partial charge in [0.25, 0.3) is 0 Å². The van der Waals surface area contributed by atoms with Gasteiger partial charge in [0, 0.05) is 30.4 Å². The number of rotatable bonds is 6. The molecule has 0 bridgehead atoms. The summed E-state index contributed by atoms with van der Waals surface area (Å²) < 4.78 is 2.01. The number of aryl methyl sites for hydroxylation is 1. The third-order valence-electron chi connectivity index (χ3n) is 4.51. The Kier molecular flexibility index (Phi) is 5.44. The lowest BCUT2D eigenvalue weighted by Crippen LogP contribution is -2.34. The highest BCUT2D eigenvalue weighted by Gasteiger charge is 2.22. The molecule has 1 aliphatic carbocycles. The van der Waals surface area contributed by atoms with Crippen LogP contribution in [0.5, 0.6) is 0 Å². The van der Waals surface area contributed by atoms with Crippen molar-refractivity contribution in [2.45, 2.75) is 77.9 Å². The fraction of sp³-hybridized carbons (Fsp3) is 0.812. The number of aromatic nitrogens is 2. The smallest absolute Gasteiger partial charge is 0.0537 e. The van der Waals surface area contributed by atoms with E-state index in [1.807, 2.05) is 10.9 Å². The Bertz CT molecular complexity index is 364. The van der Waals surface area contributed by atoms with Gasteiger partial charge in [0.15, 0.2) is 0 Å². The second-order valence-electron chi connectivity index (χ2n) is 6.02. The van der Waals surface area contributed by atoms with Crippen molar-refractivity contribution in [3.05, 3.63) is 18.0 Å². The van der Waals surface area contributed by atoms with Crippen LogP contribution in [0, 0.1) is 5.92 Å². The van der Waals surface area contributed by atoms with E-state index in [2.05, 4.69) is 37.4 Å². The average molecular weight is 263 g/mol. The van der Waals surface area contributed by atoms with Gasteiger partial charge >= 0.3 is 0 Å². The third kappa shape index (κ3) is 4.07. The quantitative estimate of drug-likeness (QED) is 0.843. The maximum Gasteiger partial charge on any atom is 0.0537 e. The average Bonchev–Trinajstić information content (AvgIpc) is 2.90. The van der Waals surface area contributed by atoms with Crippen LogP contribution in [-0.4, -0.2) is 15.8 Å². The molecular weight excluding hydrogens is 234 g/mol. The van der Waals surface area contributed by atoms with Gasteiger partial charge in [-0.3, -0.25) is 4.68 Å². The van der Waals surface area contributed by atoms with Crippen LogP contribution in [0.15, 0.2) is 12.4 Å². The zero-order valence-corrected chi connectivity index (χ0v) is 12.7. The summed E-state index contributed by atoms with van der Waals surface area (Å²) in [7, 11) is 0. The Morgan fingerprint density at radius 1 is 1.32 bits per heavy atom. The van der Waals surface area contributed by atoms with E-state index in [0.29, 0.717) is 12.1 Å². The van der Waals surface area contributed by atoms with Crippen LogP contribution in [0.2, 0.25) is 0 Å². The molecule has 1 heterocycles. The Morgan fingerprint density at radius 2 is 2.05 bits per heavy atom. The first-order chi connectivity index (χ1) is 9.22. The lowest BCUT2D eigenvalue weighted by Gasteiger charge is -2.31. The number of nitrogens with one attached hydrogen (secondary N) is 1. The normalized spacial score (nSPS) is 25.4. The van der Waals surface area contributed by atoms with E-state index in [0.717, 1.165) is 12.5 Å². The second kappa shape index (κ2) is 7.09. The van der Waals surface area contributed by atoms with Gasteiger partial charge in [0.05, 0.1) is 6.20 Å². The highest BCUT2D eigenvalue weighted by molar-refractivity contribution is 5.09. The van der Waals surface area contributed by atoms with Gasteiger partial charge in [0.2, 0.25) is 0 Å². The zero-order chi connectivity index (χ0) is 13.7. The van der Waals surface area contributed by atoms with Crippen LogP contribution in [0.3, 0.4) is 0 Å². The van der Waals surface area contributed by atoms with Crippen molar-refractivity contribution in [3.8, 4) is 0 Å². The SMILES string of the molecule is CCCC1CCC(NC(C)c2cnn(CC)c2)CC1. The first-order valence-electron chi connectivity index (χ1n) is 8.01. The molecule has 1 aromatic rings. The summed E-state index contributed by atoms with van der Waals surface area (Å²) in [5, 5.41) is 8.14. The first kappa shape index (κ1) is 14.6. The minimum atomic E-state index is 0.424. The van der Waals surface area contributed by atoms with Gasteiger partial charge < -0.3 is 5.32 Å². The molecule has 0 aromatic carbocycles. The zero-order valence-electron chi connectivity index (χ0n) is 12.7. The molecule has 1 atom stereocenters. The fourth-order valence-electron chi connectivity index (χ4n) is 3.25. The first-order valence-corrected chi connectivity index (χ1v) is 8.01. The van der Waals surface area contributed by atoms with Gasteiger partial charge in [-0.25, -0.2) is 0 Å². The number of hydrogen-bond acceptors (Lipinski definition) is 2. The summed E-state index contributed by atoms with van der Waals surface area (Å²) in [5.74, 6) is 0.987. The predicted octanol–water partition coefficient (Wildman–Crippen LogP) is 3.91. The molecule has 0 amide bonds. The van der Waals surface area contributed by atoms with Crippen LogP contribution >= 0.6 is 0 Å². The molecule has 3 nitrogen and oxygen atoms in total. The molecule has 19 heavy (non-hydrogen) atoms. The second-order valence-corrected chi connectivity index (χ2v) is 6.02. The summed E-state index contributed by atoms with van der Waals surface area (Å²) in [4.78, 5) is 0. The third-order valence-corrected chi connectivity index (χ3v) is 4.51. The molecule has 0 aliphatic heterocycles. The van der Waals surface area contributed by atoms with Crippen molar-refractivity contribution in [2.75, 3.05) is 0 Å². The van der Waals surface area contributed by atoms with Crippen molar-refractivity contribution in [1.82, 2.24) is 15.1 Å².